The third-order valence-corrected chi connectivity index (χ3v) is 2.95. The molecule has 9 heteroatoms. The molecule has 2 N–H and O–H groups in total. The zero-order chi connectivity index (χ0) is 17.7. The summed E-state index contributed by atoms with van der Waals surface area (Å²) in [5, 5.41) is 5.90. The van der Waals surface area contributed by atoms with Crippen LogP contribution in [0.4, 0.5) is 36.4 Å². The normalized spacial score (nSPS) is 11.0. The molecule has 3 rings (SSSR count). The van der Waals surface area contributed by atoms with E-state index in [1.807, 2.05) is 30.3 Å². The predicted octanol–water partition coefficient (Wildman–Crippen LogP) is 4.26. The van der Waals surface area contributed by atoms with Crippen LogP contribution in [0, 0.1) is 0 Å². The van der Waals surface area contributed by atoms with Gasteiger partial charge in [-0.3, -0.25) is 0 Å². The van der Waals surface area contributed by atoms with Gasteiger partial charge in [0.05, 0.1) is 0 Å². The Bertz CT molecular complexity index is 825. The van der Waals surface area contributed by atoms with Crippen LogP contribution in [0.1, 0.15) is 0 Å². The van der Waals surface area contributed by atoms with Crippen molar-refractivity contribution in [3.8, 4) is 5.75 Å². The van der Waals surface area contributed by atoms with Crippen molar-refractivity contribution in [1.29, 1.82) is 0 Å². The molecule has 1 aromatic heterocycles. The first kappa shape index (κ1) is 16.5. The van der Waals surface area contributed by atoms with Gasteiger partial charge in [-0.15, -0.1) is 13.2 Å². The van der Waals surface area contributed by atoms with E-state index in [1.54, 1.807) is 0 Å². The molecule has 3 aromatic rings. The monoisotopic (exact) mass is 347 g/mol. The molecule has 0 saturated carbocycles. The molecule has 0 aliphatic heterocycles. The second kappa shape index (κ2) is 7.04. The Morgan fingerprint density at radius 1 is 0.760 bits per heavy atom. The first-order valence-corrected chi connectivity index (χ1v) is 7.12. The molecule has 0 unspecified atom stereocenters. The van der Waals surface area contributed by atoms with Crippen molar-refractivity contribution in [1.82, 2.24) is 15.0 Å². The molecule has 0 aliphatic rings. The first-order chi connectivity index (χ1) is 12.0. The molecule has 0 amide bonds. The van der Waals surface area contributed by atoms with Crippen LogP contribution < -0.4 is 15.4 Å². The summed E-state index contributed by atoms with van der Waals surface area (Å²) in [5.74, 6) is 0.277. The number of nitrogens with one attached hydrogen (secondary N) is 2. The fourth-order valence-corrected chi connectivity index (χ4v) is 1.94. The topological polar surface area (TPSA) is 72.0 Å². The highest BCUT2D eigenvalue weighted by Crippen LogP contribution is 2.24. The van der Waals surface area contributed by atoms with Crippen LogP contribution in [0.2, 0.25) is 0 Å². The van der Waals surface area contributed by atoms with Crippen LogP contribution >= 0.6 is 0 Å². The highest BCUT2D eigenvalue weighted by molar-refractivity contribution is 5.57. The van der Waals surface area contributed by atoms with Crippen molar-refractivity contribution in [2.75, 3.05) is 10.6 Å². The molecule has 0 fully saturated rings. The third-order valence-electron chi connectivity index (χ3n) is 2.95. The van der Waals surface area contributed by atoms with Crippen molar-refractivity contribution in [3.05, 3.63) is 60.9 Å². The molecule has 0 spiro atoms. The number of alkyl halides is 3. The van der Waals surface area contributed by atoms with Gasteiger partial charge in [-0.05, 0) is 36.4 Å². The summed E-state index contributed by atoms with van der Waals surface area (Å²) >= 11 is 0. The summed E-state index contributed by atoms with van der Waals surface area (Å²) in [4.78, 5) is 12.2. The van der Waals surface area contributed by atoms with Crippen molar-refractivity contribution in [2.24, 2.45) is 0 Å². The van der Waals surface area contributed by atoms with Crippen molar-refractivity contribution >= 4 is 23.3 Å². The van der Waals surface area contributed by atoms with Gasteiger partial charge < -0.3 is 15.4 Å². The third kappa shape index (κ3) is 5.06. The summed E-state index contributed by atoms with van der Waals surface area (Å²) in [6.45, 7) is 0. The maximum absolute atomic E-state index is 12.1. The smallest absolute Gasteiger partial charge is 0.406 e. The standard InChI is InChI=1S/C16H12F3N5O/c17-16(18,19)25-13-8-6-12(7-9-13)23-15-21-10-20-14(24-15)22-11-4-2-1-3-5-11/h1-10H,(H2,20,21,22,23,24). The zero-order valence-electron chi connectivity index (χ0n) is 12.7. The molecule has 6 nitrogen and oxygen atoms in total. The number of hydrogen-bond donors (Lipinski definition) is 2. The van der Waals surface area contributed by atoms with Crippen molar-refractivity contribution in [3.63, 3.8) is 0 Å². The predicted molar refractivity (Wildman–Crippen MR) is 86.0 cm³/mol. The number of anilines is 4. The average Bonchev–Trinajstić information content (AvgIpc) is 2.57. The van der Waals surface area contributed by atoms with Crippen LogP contribution in [0.15, 0.2) is 60.9 Å². The minimum absolute atomic E-state index is 0.248. The molecular weight excluding hydrogens is 335 g/mol. The van der Waals surface area contributed by atoms with Crippen molar-refractivity contribution < 1.29 is 17.9 Å². The van der Waals surface area contributed by atoms with E-state index >= 15 is 0 Å². The van der Waals surface area contributed by atoms with Gasteiger partial charge in [0.15, 0.2) is 0 Å². The van der Waals surface area contributed by atoms with Crippen LogP contribution in [0.25, 0.3) is 0 Å². The summed E-state index contributed by atoms with van der Waals surface area (Å²) in [6.07, 6.45) is -3.40. The maximum atomic E-state index is 12.1. The molecule has 0 bridgehead atoms. The number of halogens is 3. The highest BCUT2D eigenvalue weighted by atomic mass is 19.4. The van der Waals surface area contributed by atoms with Gasteiger partial charge in [-0.1, -0.05) is 18.2 Å². The number of ether oxygens (including phenoxy) is 1. The summed E-state index contributed by atoms with van der Waals surface area (Å²) in [7, 11) is 0. The number of hydrogen-bond acceptors (Lipinski definition) is 6. The lowest BCUT2D eigenvalue weighted by Crippen LogP contribution is -2.17. The number of benzene rings is 2. The van der Waals surface area contributed by atoms with Gasteiger partial charge in [-0.25, -0.2) is 9.97 Å². The van der Waals surface area contributed by atoms with Crippen LogP contribution in [-0.2, 0) is 0 Å². The number of nitrogens with zero attached hydrogens (tertiary/aromatic N) is 3. The van der Waals surface area contributed by atoms with Crippen LogP contribution in [0.3, 0.4) is 0 Å². The van der Waals surface area contributed by atoms with E-state index < -0.39 is 6.36 Å². The van der Waals surface area contributed by atoms with E-state index in [-0.39, 0.29) is 11.7 Å². The fraction of sp³-hybridized carbons (Fsp3) is 0.0625. The fourth-order valence-electron chi connectivity index (χ4n) is 1.94. The van der Waals surface area contributed by atoms with E-state index in [4.69, 9.17) is 0 Å². The molecule has 0 saturated heterocycles. The van der Waals surface area contributed by atoms with E-state index in [0.29, 0.717) is 11.6 Å². The lowest BCUT2D eigenvalue weighted by molar-refractivity contribution is -0.274. The van der Waals surface area contributed by atoms with E-state index in [2.05, 4.69) is 30.3 Å². The molecular formula is C16H12F3N5O. The Morgan fingerprint density at radius 2 is 1.32 bits per heavy atom. The molecule has 0 aliphatic carbocycles. The number of aromatic nitrogens is 3. The SMILES string of the molecule is FC(F)(F)Oc1ccc(Nc2ncnc(Nc3ccccc3)n2)cc1. The van der Waals surface area contributed by atoms with E-state index in [0.717, 1.165) is 5.69 Å². The lowest BCUT2D eigenvalue weighted by atomic mass is 10.3. The largest absolute Gasteiger partial charge is 0.573 e. The summed E-state index contributed by atoms with van der Waals surface area (Å²) < 4.78 is 40.2. The molecule has 0 radical (unpaired) electrons. The van der Waals surface area contributed by atoms with Crippen molar-refractivity contribution in [2.45, 2.75) is 6.36 Å². The second-order valence-corrected chi connectivity index (χ2v) is 4.82. The van der Waals surface area contributed by atoms with Gasteiger partial charge in [0.2, 0.25) is 11.9 Å². The van der Waals surface area contributed by atoms with Gasteiger partial charge in [0.25, 0.3) is 0 Å². The Balaban J connectivity index is 1.68. The Morgan fingerprint density at radius 3 is 1.88 bits per heavy atom. The zero-order valence-corrected chi connectivity index (χ0v) is 12.7. The lowest BCUT2D eigenvalue weighted by Gasteiger charge is -2.10. The van der Waals surface area contributed by atoms with Gasteiger partial charge in [0, 0.05) is 11.4 Å². The summed E-state index contributed by atoms with van der Waals surface area (Å²) in [6, 6.07) is 14.6. The molecule has 1 heterocycles. The van der Waals surface area contributed by atoms with E-state index in [1.165, 1.54) is 30.6 Å². The molecule has 128 valence electrons. The van der Waals surface area contributed by atoms with Gasteiger partial charge in [0.1, 0.15) is 12.1 Å². The quantitative estimate of drug-likeness (QED) is 0.719. The minimum atomic E-state index is -4.72. The maximum Gasteiger partial charge on any atom is 0.573 e. The second-order valence-electron chi connectivity index (χ2n) is 4.82. The van der Waals surface area contributed by atoms with E-state index in [9.17, 15) is 13.2 Å². The van der Waals surface area contributed by atoms with Gasteiger partial charge in [-0.2, -0.15) is 4.98 Å². The Kier molecular flexibility index (Phi) is 4.64. The molecule has 2 aromatic carbocycles. The number of rotatable bonds is 5. The Labute approximate surface area is 140 Å². The molecule has 0 atom stereocenters. The van der Waals surface area contributed by atoms with Crippen LogP contribution in [-0.4, -0.2) is 21.3 Å². The molecule has 25 heavy (non-hydrogen) atoms. The Hall–Kier alpha value is -3.36. The average molecular weight is 347 g/mol. The first-order valence-electron chi connectivity index (χ1n) is 7.12. The summed E-state index contributed by atoms with van der Waals surface area (Å²) in [5.41, 5.74) is 1.32. The number of para-hydroxylation sites is 1. The van der Waals surface area contributed by atoms with Crippen LogP contribution in [0.5, 0.6) is 5.75 Å². The minimum Gasteiger partial charge on any atom is -0.406 e. The highest BCUT2D eigenvalue weighted by Gasteiger charge is 2.30. The van der Waals surface area contributed by atoms with Gasteiger partial charge >= 0.3 is 6.36 Å².